The quantitative estimate of drug-likeness (QED) is 0.573. The standard InChI is InChI=1S/C26H26N2O3/c1-12-10-20(27-23-16(5)14(3)13(2)15(4)21(12)23)22-24(29)18-9-8-17(26(31)28(6)7)11-19(18)25(22)30/h8-11,22H,1-7H3. The summed E-state index contributed by atoms with van der Waals surface area (Å²) in [6.45, 7) is 10.3. The first-order valence-electron chi connectivity index (χ1n) is 10.4. The van der Waals surface area contributed by atoms with Crippen LogP contribution < -0.4 is 0 Å². The van der Waals surface area contributed by atoms with Crippen LogP contribution in [0.2, 0.25) is 0 Å². The molecule has 0 bridgehead atoms. The number of rotatable bonds is 2. The lowest BCUT2D eigenvalue weighted by Crippen LogP contribution is -2.21. The lowest BCUT2D eigenvalue weighted by molar-refractivity contribution is 0.0826. The number of hydrogen-bond acceptors (Lipinski definition) is 4. The molecule has 31 heavy (non-hydrogen) atoms. The summed E-state index contributed by atoms with van der Waals surface area (Å²) in [5, 5.41) is 1.08. The molecule has 3 aromatic rings. The molecule has 0 saturated heterocycles. The first-order chi connectivity index (χ1) is 14.5. The molecule has 0 saturated carbocycles. The van der Waals surface area contributed by atoms with Crippen molar-refractivity contribution < 1.29 is 14.4 Å². The van der Waals surface area contributed by atoms with E-state index >= 15 is 0 Å². The number of Topliss-reactive ketones (excluding diaryl/α,β-unsaturated/α-hetero) is 2. The Morgan fingerprint density at radius 3 is 2.10 bits per heavy atom. The van der Waals surface area contributed by atoms with Crippen LogP contribution in [0.1, 0.15) is 70.5 Å². The minimum atomic E-state index is -0.968. The van der Waals surface area contributed by atoms with Gasteiger partial charge >= 0.3 is 0 Å². The van der Waals surface area contributed by atoms with Gasteiger partial charge in [0.05, 0.1) is 11.2 Å². The van der Waals surface area contributed by atoms with E-state index in [-0.39, 0.29) is 17.5 Å². The summed E-state index contributed by atoms with van der Waals surface area (Å²) in [4.78, 5) is 45.1. The Kier molecular flexibility index (Phi) is 4.80. The number of carbonyl (C=O) groups excluding carboxylic acids is 3. The molecule has 5 nitrogen and oxygen atoms in total. The molecule has 1 unspecified atom stereocenters. The lowest BCUT2D eigenvalue weighted by atomic mass is 9.90. The van der Waals surface area contributed by atoms with Gasteiger partial charge in [-0.1, -0.05) is 0 Å². The molecule has 0 fully saturated rings. The fourth-order valence-electron chi connectivity index (χ4n) is 4.57. The van der Waals surface area contributed by atoms with Crippen molar-refractivity contribution in [2.75, 3.05) is 14.1 Å². The molecular weight excluding hydrogens is 388 g/mol. The lowest BCUT2D eigenvalue weighted by Gasteiger charge is -2.17. The number of ketones is 2. The summed E-state index contributed by atoms with van der Waals surface area (Å²) in [5.74, 6) is -1.72. The molecule has 1 heterocycles. The summed E-state index contributed by atoms with van der Waals surface area (Å²) in [6, 6.07) is 6.59. The fourth-order valence-corrected chi connectivity index (χ4v) is 4.57. The molecular formula is C26H26N2O3. The third-order valence-corrected chi connectivity index (χ3v) is 6.68. The Labute approximate surface area is 182 Å². The third-order valence-electron chi connectivity index (χ3n) is 6.68. The molecule has 1 amide bonds. The van der Waals surface area contributed by atoms with Crippen molar-refractivity contribution in [3.8, 4) is 0 Å². The van der Waals surface area contributed by atoms with Crippen molar-refractivity contribution in [1.82, 2.24) is 9.88 Å². The molecule has 5 heteroatoms. The maximum Gasteiger partial charge on any atom is 0.253 e. The molecule has 0 spiro atoms. The molecule has 0 aliphatic heterocycles. The Morgan fingerprint density at radius 1 is 0.839 bits per heavy atom. The normalized spacial score (nSPS) is 15.5. The van der Waals surface area contributed by atoms with E-state index in [0.717, 1.165) is 22.0 Å². The number of hydrogen-bond donors (Lipinski definition) is 0. The van der Waals surface area contributed by atoms with E-state index in [9.17, 15) is 14.4 Å². The van der Waals surface area contributed by atoms with Crippen LogP contribution in [0.4, 0.5) is 0 Å². The average molecular weight is 415 g/mol. The number of aryl methyl sites for hydroxylation is 3. The van der Waals surface area contributed by atoms with Crippen molar-refractivity contribution in [3.63, 3.8) is 0 Å². The van der Waals surface area contributed by atoms with Gasteiger partial charge in [0.15, 0.2) is 11.6 Å². The van der Waals surface area contributed by atoms with Crippen LogP contribution in [0.25, 0.3) is 10.9 Å². The van der Waals surface area contributed by atoms with Crippen molar-refractivity contribution in [1.29, 1.82) is 0 Å². The van der Waals surface area contributed by atoms with Crippen LogP contribution in [0.3, 0.4) is 0 Å². The van der Waals surface area contributed by atoms with Gasteiger partial charge in [0.25, 0.3) is 5.91 Å². The molecule has 1 aliphatic rings. The van der Waals surface area contributed by atoms with Crippen molar-refractivity contribution in [3.05, 3.63) is 74.5 Å². The van der Waals surface area contributed by atoms with Gasteiger partial charge in [-0.2, -0.15) is 0 Å². The molecule has 0 N–H and O–H groups in total. The zero-order chi connectivity index (χ0) is 22.8. The largest absolute Gasteiger partial charge is 0.345 e. The number of benzene rings is 2. The van der Waals surface area contributed by atoms with Crippen LogP contribution in [0.15, 0.2) is 24.3 Å². The molecule has 0 radical (unpaired) electrons. The van der Waals surface area contributed by atoms with Gasteiger partial charge in [0.1, 0.15) is 5.92 Å². The topological polar surface area (TPSA) is 67.3 Å². The van der Waals surface area contributed by atoms with Crippen LogP contribution in [0.5, 0.6) is 0 Å². The first kappa shape index (κ1) is 20.9. The van der Waals surface area contributed by atoms with Crippen molar-refractivity contribution in [2.45, 2.75) is 40.5 Å². The molecule has 1 aromatic heterocycles. The van der Waals surface area contributed by atoms with Crippen LogP contribution in [-0.2, 0) is 0 Å². The third kappa shape index (κ3) is 2.99. The summed E-state index contributed by atoms with van der Waals surface area (Å²) in [7, 11) is 3.31. The fraction of sp³-hybridized carbons (Fsp3) is 0.308. The first-order valence-corrected chi connectivity index (χ1v) is 10.4. The van der Waals surface area contributed by atoms with Crippen molar-refractivity contribution >= 4 is 28.4 Å². The molecule has 2 aromatic carbocycles. The van der Waals surface area contributed by atoms with Crippen molar-refractivity contribution in [2.24, 2.45) is 0 Å². The zero-order valence-corrected chi connectivity index (χ0v) is 19.0. The molecule has 158 valence electrons. The average Bonchev–Trinajstić information content (AvgIpc) is 2.99. The highest BCUT2D eigenvalue weighted by atomic mass is 16.2. The minimum Gasteiger partial charge on any atom is -0.345 e. The number of aromatic nitrogens is 1. The van der Waals surface area contributed by atoms with Crippen LogP contribution >= 0.6 is 0 Å². The van der Waals surface area contributed by atoms with E-state index in [0.29, 0.717) is 22.4 Å². The second kappa shape index (κ2) is 7.12. The summed E-state index contributed by atoms with van der Waals surface area (Å²) < 4.78 is 0. The van der Waals surface area contributed by atoms with Gasteiger partial charge < -0.3 is 4.90 Å². The second-order valence-corrected chi connectivity index (χ2v) is 8.71. The number of fused-ring (bicyclic) bond motifs is 2. The highest BCUT2D eigenvalue weighted by Crippen LogP contribution is 2.37. The Balaban J connectivity index is 1.88. The van der Waals surface area contributed by atoms with E-state index < -0.39 is 5.92 Å². The highest BCUT2D eigenvalue weighted by molar-refractivity contribution is 6.30. The van der Waals surface area contributed by atoms with Gasteiger partial charge in [-0.15, -0.1) is 0 Å². The Morgan fingerprint density at radius 2 is 1.45 bits per heavy atom. The van der Waals surface area contributed by atoms with Gasteiger partial charge in [-0.3, -0.25) is 19.4 Å². The SMILES string of the molecule is Cc1c(C)c(C)c2c(C)cc(C3C(=O)c4ccc(C(=O)N(C)C)cc4C3=O)nc2c1C. The second-order valence-electron chi connectivity index (χ2n) is 8.71. The maximum absolute atomic E-state index is 13.3. The Hall–Kier alpha value is -3.34. The number of nitrogens with zero attached hydrogens (tertiary/aromatic N) is 2. The molecule has 1 atom stereocenters. The van der Waals surface area contributed by atoms with Gasteiger partial charge in [0, 0.05) is 36.2 Å². The van der Waals surface area contributed by atoms with E-state index in [2.05, 4.69) is 20.8 Å². The van der Waals surface area contributed by atoms with E-state index in [1.807, 2.05) is 19.9 Å². The highest BCUT2D eigenvalue weighted by Gasteiger charge is 2.41. The zero-order valence-electron chi connectivity index (χ0n) is 19.0. The predicted molar refractivity (Wildman–Crippen MR) is 121 cm³/mol. The summed E-state index contributed by atoms with van der Waals surface area (Å²) in [6.07, 6.45) is 0. The number of pyridine rings is 1. The van der Waals surface area contributed by atoms with Crippen LogP contribution in [-0.4, -0.2) is 41.5 Å². The number of amides is 1. The summed E-state index contributed by atoms with van der Waals surface area (Å²) >= 11 is 0. The molecule has 1 aliphatic carbocycles. The molecule has 4 rings (SSSR count). The van der Waals surface area contributed by atoms with Gasteiger partial charge in [-0.25, -0.2) is 0 Å². The summed E-state index contributed by atoms with van der Waals surface area (Å²) in [5.41, 5.74) is 8.03. The predicted octanol–water partition coefficient (Wildman–Crippen LogP) is 4.64. The van der Waals surface area contributed by atoms with E-state index in [4.69, 9.17) is 4.98 Å². The monoisotopic (exact) mass is 414 g/mol. The Bertz CT molecular complexity index is 1320. The van der Waals surface area contributed by atoms with E-state index in [1.165, 1.54) is 27.7 Å². The maximum atomic E-state index is 13.3. The number of carbonyl (C=O) groups is 3. The van der Waals surface area contributed by atoms with Crippen LogP contribution in [0, 0.1) is 34.6 Å². The van der Waals surface area contributed by atoms with Gasteiger partial charge in [0.2, 0.25) is 0 Å². The minimum absolute atomic E-state index is 0.205. The van der Waals surface area contributed by atoms with Gasteiger partial charge in [-0.05, 0) is 86.7 Å². The smallest absolute Gasteiger partial charge is 0.253 e. The van der Waals surface area contributed by atoms with E-state index in [1.54, 1.807) is 26.2 Å².